The number of benzene rings is 2. The van der Waals surface area contributed by atoms with Crippen molar-refractivity contribution < 1.29 is 0 Å². The Balaban J connectivity index is 1.36. The number of rotatable bonds is 4. The van der Waals surface area contributed by atoms with Crippen LogP contribution in [0.15, 0.2) is 71.6 Å². The van der Waals surface area contributed by atoms with Gasteiger partial charge in [0.2, 0.25) is 5.79 Å². The number of nitrogens with two attached hydrogens (primary N) is 1. The van der Waals surface area contributed by atoms with E-state index in [0.29, 0.717) is 6.54 Å². The Bertz CT molecular complexity index is 1230. The van der Waals surface area contributed by atoms with Crippen LogP contribution in [-0.4, -0.2) is 16.2 Å². The maximum atomic E-state index is 6.63. The summed E-state index contributed by atoms with van der Waals surface area (Å²) in [6, 6.07) is 16.6. The van der Waals surface area contributed by atoms with Crippen molar-refractivity contribution in [1.82, 2.24) is 20.6 Å². The lowest BCUT2D eigenvalue weighted by Gasteiger charge is -2.32. The van der Waals surface area contributed by atoms with Crippen molar-refractivity contribution in [3.05, 3.63) is 83.4 Å². The monoisotopic (exact) mass is 370 g/mol. The van der Waals surface area contributed by atoms with Gasteiger partial charge in [-0.25, -0.2) is 4.99 Å². The Morgan fingerprint density at radius 1 is 1.11 bits per heavy atom. The topological polar surface area (TPSA) is 94.0 Å². The SMILES string of the molecule is Cc1cc2cc(CNC3=CC=NC(N)(c4cccc5[nH]ccc45)N3)ccc2[nH]1. The van der Waals surface area contributed by atoms with Crippen LogP contribution in [0, 0.1) is 6.92 Å². The molecule has 0 spiro atoms. The standard InChI is InChI=1S/C22H22N6/c1-14-11-16-12-15(5-6-19(16)27-14)13-25-21-8-10-26-22(23,28-21)18-3-2-4-20-17(18)7-9-24-20/h2-12,24-25,27-28H,13,23H2,1H3. The zero-order chi connectivity index (χ0) is 19.1. The molecule has 1 aliphatic heterocycles. The quantitative estimate of drug-likeness (QED) is 0.381. The van der Waals surface area contributed by atoms with Gasteiger partial charge in [0.1, 0.15) is 5.82 Å². The van der Waals surface area contributed by atoms with Crippen LogP contribution in [0.2, 0.25) is 0 Å². The number of nitrogens with one attached hydrogen (secondary N) is 4. The van der Waals surface area contributed by atoms with Crippen molar-refractivity contribution in [1.29, 1.82) is 0 Å². The lowest BCUT2D eigenvalue weighted by atomic mass is 10.0. The molecule has 0 amide bonds. The van der Waals surface area contributed by atoms with E-state index in [1.54, 1.807) is 6.21 Å². The van der Waals surface area contributed by atoms with E-state index in [4.69, 9.17) is 5.73 Å². The number of hydrogen-bond donors (Lipinski definition) is 5. The third-order valence-electron chi connectivity index (χ3n) is 5.15. The van der Waals surface area contributed by atoms with E-state index in [0.717, 1.165) is 27.8 Å². The van der Waals surface area contributed by atoms with Crippen LogP contribution in [0.3, 0.4) is 0 Å². The van der Waals surface area contributed by atoms with E-state index in [1.165, 1.54) is 16.6 Å². The summed E-state index contributed by atoms with van der Waals surface area (Å²) >= 11 is 0. The smallest absolute Gasteiger partial charge is 0.210 e. The molecule has 0 saturated heterocycles. The first-order valence-corrected chi connectivity index (χ1v) is 9.32. The van der Waals surface area contributed by atoms with Gasteiger partial charge in [0.15, 0.2) is 0 Å². The van der Waals surface area contributed by atoms with Crippen molar-refractivity contribution in [2.45, 2.75) is 19.3 Å². The van der Waals surface area contributed by atoms with Gasteiger partial charge in [-0.05, 0) is 54.3 Å². The molecule has 28 heavy (non-hydrogen) atoms. The van der Waals surface area contributed by atoms with E-state index in [1.807, 2.05) is 36.5 Å². The van der Waals surface area contributed by atoms with Gasteiger partial charge < -0.3 is 20.6 Å². The van der Waals surface area contributed by atoms with Crippen LogP contribution < -0.4 is 16.4 Å². The number of allylic oxidation sites excluding steroid dienone is 1. The van der Waals surface area contributed by atoms with Crippen LogP contribution in [0.5, 0.6) is 0 Å². The number of aryl methyl sites for hydroxylation is 1. The molecule has 0 aliphatic carbocycles. The second-order valence-electron chi connectivity index (χ2n) is 7.22. The minimum absolute atomic E-state index is 0.692. The normalized spacial score (nSPS) is 19.0. The molecule has 1 aliphatic rings. The number of nitrogens with zero attached hydrogens (tertiary/aromatic N) is 1. The van der Waals surface area contributed by atoms with Crippen molar-refractivity contribution in [2.24, 2.45) is 10.7 Å². The minimum Gasteiger partial charge on any atom is -0.368 e. The van der Waals surface area contributed by atoms with Crippen LogP contribution in [0.1, 0.15) is 16.8 Å². The third-order valence-corrected chi connectivity index (χ3v) is 5.15. The van der Waals surface area contributed by atoms with Crippen molar-refractivity contribution in [3.8, 4) is 0 Å². The molecule has 6 heteroatoms. The molecule has 0 saturated carbocycles. The third kappa shape index (κ3) is 2.84. The zero-order valence-corrected chi connectivity index (χ0v) is 15.6. The second-order valence-corrected chi connectivity index (χ2v) is 7.22. The molecule has 6 nitrogen and oxygen atoms in total. The number of H-pyrrole nitrogens is 2. The molecular formula is C22H22N6. The fraction of sp³-hybridized carbons (Fsp3) is 0.136. The maximum absolute atomic E-state index is 6.63. The van der Waals surface area contributed by atoms with E-state index in [2.05, 4.69) is 56.8 Å². The molecule has 2 aromatic carbocycles. The average Bonchev–Trinajstić information content (AvgIpc) is 3.31. The Hall–Kier alpha value is -3.51. The number of hydrogen-bond acceptors (Lipinski definition) is 4. The van der Waals surface area contributed by atoms with Crippen LogP contribution in [0.25, 0.3) is 21.8 Å². The lowest BCUT2D eigenvalue weighted by Crippen LogP contribution is -2.52. The zero-order valence-electron chi connectivity index (χ0n) is 15.6. The molecule has 5 rings (SSSR count). The van der Waals surface area contributed by atoms with E-state index < -0.39 is 5.79 Å². The molecule has 0 bridgehead atoms. The van der Waals surface area contributed by atoms with Crippen LogP contribution in [0.4, 0.5) is 0 Å². The molecule has 6 N–H and O–H groups in total. The molecule has 140 valence electrons. The number of aliphatic imine (C=N–C) groups is 1. The number of fused-ring (bicyclic) bond motifs is 2. The predicted octanol–water partition coefficient (Wildman–Crippen LogP) is 3.33. The molecule has 0 fully saturated rings. The van der Waals surface area contributed by atoms with Crippen LogP contribution in [-0.2, 0) is 12.3 Å². The summed E-state index contributed by atoms with van der Waals surface area (Å²) in [5.74, 6) is -0.170. The summed E-state index contributed by atoms with van der Waals surface area (Å²) in [5.41, 5.74) is 12.1. The predicted molar refractivity (Wildman–Crippen MR) is 114 cm³/mol. The van der Waals surface area contributed by atoms with Crippen molar-refractivity contribution in [3.63, 3.8) is 0 Å². The highest BCUT2D eigenvalue weighted by Crippen LogP contribution is 2.27. The minimum atomic E-state index is -1.01. The molecule has 3 heterocycles. The summed E-state index contributed by atoms with van der Waals surface area (Å²) < 4.78 is 0. The molecule has 1 unspecified atom stereocenters. The first-order chi connectivity index (χ1) is 13.6. The highest BCUT2D eigenvalue weighted by Gasteiger charge is 2.30. The Morgan fingerprint density at radius 3 is 2.96 bits per heavy atom. The van der Waals surface area contributed by atoms with E-state index in [-0.39, 0.29) is 0 Å². The summed E-state index contributed by atoms with van der Waals surface area (Å²) in [5, 5.41) is 9.06. The van der Waals surface area contributed by atoms with Gasteiger partial charge >= 0.3 is 0 Å². The molecule has 0 radical (unpaired) electrons. The molecule has 4 aromatic rings. The van der Waals surface area contributed by atoms with Gasteiger partial charge in [-0.2, -0.15) is 0 Å². The Kier molecular flexibility index (Phi) is 3.74. The maximum Gasteiger partial charge on any atom is 0.210 e. The molecule has 1 atom stereocenters. The summed E-state index contributed by atoms with van der Waals surface area (Å²) in [4.78, 5) is 11.1. The summed E-state index contributed by atoms with van der Waals surface area (Å²) in [7, 11) is 0. The van der Waals surface area contributed by atoms with Gasteiger partial charge in [0.25, 0.3) is 0 Å². The van der Waals surface area contributed by atoms with E-state index in [9.17, 15) is 0 Å². The first-order valence-electron chi connectivity index (χ1n) is 9.32. The molecule has 2 aromatic heterocycles. The van der Waals surface area contributed by atoms with Gasteiger partial charge in [0, 0.05) is 46.6 Å². The lowest BCUT2D eigenvalue weighted by molar-refractivity contribution is 0.384. The largest absolute Gasteiger partial charge is 0.368 e. The Morgan fingerprint density at radius 2 is 2.04 bits per heavy atom. The number of aromatic nitrogens is 2. The van der Waals surface area contributed by atoms with E-state index >= 15 is 0 Å². The highest BCUT2D eigenvalue weighted by molar-refractivity contribution is 5.85. The van der Waals surface area contributed by atoms with Gasteiger partial charge in [0.05, 0.1) is 0 Å². The number of aromatic amines is 2. The average molecular weight is 370 g/mol. The highest BCUT2D eigenvalue weighted by atomic mass is 15.3. The molecular weight excluding hydrogens is 348 g/mol. The fourth-order valence-electron chi connectivity index (χ4n) is 3.80. The summed E-state index contributed by atoms with van der Waals surface area (Å²) in [6.45, 7) is 2.76. The van der Waals surface area contributed by atoms with Gasteiger partial charge in [-0.3, -0.25) is 5.73 Å². The van der Waals surface area contributed by atoms with Crippen molar-refractivity contribution in [2.75, 3.05) is 0 Å². The second kappa shape index (κ2) is 6.28. The van der Waals surface area contributed by atoms with Gasteiger partial charge in [-0.1, -0.05) is 18.2 Å². The van der Waals surface area contributed by atoms with Crippen LogP contribution >= 0.6 is 0 Å². The van der Waals surface area contributed by atoms with Gasteiger partial charge in [-0.15, -0.1) is 0 Å². The fourth-order valence-corrected chi connectivity index (χ4v) is 3.80. The Labute approximate surface area is 162 Å². The van der Waals surface area contributed by atoms with Crippen molar-refractivity contribution >= 4 is 28.0 Å². The first kappa shape index (κ1) is 16.6. The summed E-state index contributed by atoms with van der Waals surface area (Å²) in [6.07, 6.45) is 5.57.